The van der Waals surface area contributed by atoms with Gasteiger partial charge in [0.15, 0.2) is 0 Å². The van der Waals surface area contributed by atoms with Crippen LogP contribution in [-0.4, -0.2) is 26.9 Å². The Morgan fingerprint density at radius 3 is 3.05 bits per heavy atom. The third-order valence-electron chi connectivity index (χ3n) is 3.32. The highest BCUT2D eigenvalue weighted by Gasteiger charge is 2.23. The van der Waals surface area contributed by atoms with Crippen LogP contribution in [0.5, 0.6) is 0 Å². The monoisotopic (exact) mass is 276 g/mol. The number of benzene rings is 1. The standard InChI is InChI=1S/C13H13ClN4O/c14-10-3-1-2-9(12(10)15)13(19)18-7-6-17-5-4-16-11(17)8-18/h1-5H,6-8,15H2. The Hall–Kier alpha value is -2.01. The summed E-state index contributed by atoms with van der Waals surface area (Å²) in [6.45, 7) is 1.90. The second-order valence-electron chi connectivity index (χ2n) is 4.46. The summed E-state index contributed by atoms with van der Waals surface area (Å²) in [5, 5.41) is 0.407. The number of imidazole rings is 1. The van der Waals surface area contributed by atoms with Gasteiger partial charge in [-0.05, 0) is 12.1 Å². The van der Waals surface area contributed by atoms with Crippen molar-refractivity contribution in [2.45, 2.75) is 13.1 Å². The molecule has 1 aromatic carbocycles. The van der Waals surface area contributed by atoms with E-state index in [4.69, 9.17) is 17.3 Å². The summed E-state index contributed by atoms with van der Waals surface area (Å²) < 4.78 is 2.05. The molecule has 0 saturated heterocycles. The first-order valence-corrected chi connectivity index (χ1v) is 6.38. The SMILES string of the molecule is Nc1c(Cl)cccc1C(=O)N1CCn2ccnc2C1. The zero-order chi connectivity index (χ0) is 13.4. The lowest BCUT2D eigenvalue weighted by Crippen LogP contribution is -2.38. The predicted molar refractivity (Wildman–Crippen MR) is 72.8 cm³/mol. The Morgan fingerprint density at radius 1 is 1.37 bits per heavy atom. The molecule has 0 unspecified atom stereocenters. The lowest BCUT2D eigenvalue weighted by molar-refractivity contribution is 0.0708. The zero-order valence-corrected chi connectivity index (χ0v) is 11.0. The third-order valence-corrected chi connectivity index (χ3v) is 3.64. The van der Waals surface area contributed by atoms with E-state index in [2.05, 4.69) is 4.98 Å². The molecule has 19 heavy (non-hydrogen) atoms. The van der Waals surface area contributed by atoms with Crippen LogP contribution in [0.1, 0.15) is 16.2 Å². The third kappa shape index (κ3) is 2.06. The topological polar surface area (TPSA) is 64.2 Å². The summed E-state index contributed by atoms with van der Waals surface area (Å²) in [7, 11) is 0. The molecule has 0 radical (unpaired) electrons. The minimum absolute atomic E-state index is 0.103. The maximum absolute atomic E-state index is 12.5. The van der Waals surface area contributed by atoms with Gasteiger partial charge in [-0.3, -0.25) is 4.79 Å². The van der Waals surface area contributed by atoms with E-state index in [9.17, 15) is 4.79 Å². The maximum Gasteiger partial charge on any atom is 0.256 e. The van der Waals surface area contributed by atoms with Crippen LogP contribution in [0, 0.1) is 0 Å². The first-order chi connectivity index (χ1) is 9.16. The van der Waals surface area contributed by atoms with Gasteiger partial charge in [0.2, 0.25) is 0 Å². The highest BCUT2D eigenvalue weighted by Crippen LogP contribution is 2.24. The van der Waals surface area contributed by atoms with E-state index in [1.54, 1.807) is 29.3 Å². The molecule has 0 aliphatic carbocycles. The number of hydrogen-bond donors (Lipinski definition) is 1. The lowest BCUT2D eigenvalue weighted by atomic mass is 10.1. The second-order valence-corrected chi connectivity index (χ2v) is 4.87. The van der Waals surface area contributed by atoms with E-state index in [1.807, 2.05) is 10.8 Å². The Labute approximate surface area is 115 Å². The first kappa shape index (κ1) is 12.0. The van der Waals surface area contributed by atoms with Gasteiger partial charge in [0.05, 0.1) is 22.8 Å². The molecular formula is C13H13ClN4O. The minimum atomic E-state index is -0.103. The van der Waals surface area contributed by atoms with Crippen LogP contribution in [0.2, 0.25) is 5.02 Å². The fourth-order valence-corrected chi connectivity index (χ4v) is 2.42. The van der Waals surface area contributed by atoms with Crippen LogP contribution >= 0.6 is 11.6 Å². The number of hydrogen-bond acceptors (Lipinski definition) is 3. The van der Waals surface area contributed by atoms with Gasteiger partial charge in [-0.1, -0.05) is 17.7 Å². The van der Waals surface area contributed by atoms with Gasteiger partial charge in [0.1, 0.15) is 5.82 Å². The fourth-order valence-electron chi connectivity index (χ4n) is 2.24. The highest BCUT2D eigenvalue weighted by molar-refractivity contribution is 6.33. The van der Waals surface area contributed by atoms with Gasteiger partial charge in [-0.2, -0.15) is 0 Å². The fraction of sp³-hybridized carbons (Fsp3) is 0.231. The highest BCUT2D eigenvalue weighted by atomic mass is 35.5. The molecule has 2 N–H and O–H groups in total. The summed E-state index contributed by atoms with van der Waals surface area (Å²) in [5.41, 5.74) is 6.65. The second kappa shape index (κ2) is 4.59. The molecule has 98 valence electrons. The molecule has 0 saturated carbocycles. The van der Waals surface area contributed by atoms with Crippen molar-refractivity contribution < 1.29 is 4.79 Å². The molecule has 1 aromatic heterocycles. The van der Waals surface area contributed by atoms with Crippen molar-refractivity contribution in [2.24, 2.45) is 0 Å². The van der Waals surface area contributed by atoms with E-state index >= 15 is 0 Å². The Morgan fingerprint density at radius 2 is 2.21 bits per heavy atom. The molecule has 0 spiro atoms. The van der Waals surface area contributed by atoms with Crippen molar-refractivity contribution in [3.05, 3.63) is 47.0 Å². The molecule has 3 rings (SSSR count). The van der Waals surface area contributed by atoms with E-state index in [0.717, 1.165) is 12.4 Å². The Bertz CT molecular complexity index is 637. The number of nitrogens with zero attached hydrogens (tertiary/aromatic N) is 3. The summed E-state index contributed by atoms with van der Waals surface area (Å²) >= 11 is 5.95. The van der Waals surface area contributed by atoms with Crippen LogP contribution in [0.3, 0.4) is 0 Å². The molecule has 0 bridgehead atoms. The molecule has 6 heteroatoms. The van der Waals surface area contributed by atoms with Crippen molar-refractivity contribution in [3.63, 3.8) is 0 Å². The summed E-state index contributed by atoms with van der Waals surface area (Å²) in [6, 6.07) is 5.11. The average Bonchev–Trinajstić information content (AvgIpc) is 2.88. The predicted octanol–water partition coefficient (Wildman–Crippen LogP) is 1.77. The van der Waals surface area contributed by atoms with Crippen molar-refractivity contribution in [1.29, 1.82) is 0 Å². The maximum atomic E-state index is 12.5. The molecule has 2 aromatic rings. The number of para-hydroxylation sites is 1. The number of aromatic nitrogens is 2. The van der Waals surface area contributed by atoms with Crippen LogP contribution in [0.15, 0.2) is 30.6 Å². The molecule has 0 atom stereocenters. The summed E-state index contributed by atoms with van der Waals surface area (Å²) in [5.74, 6) is 0.787. The summed E-state index contributed by atoms with van der Waals surface area (Å²) in [6.07, 6.45) is 3.67. The molecule has 0 fully saturated rings. The lowest BCUT2D eigenvalue weighted by Gasteiger charge is -2.28. The number of fused-ring (bicyclic) bond motifs is 1. The Kier molecular flexibility index (Phi) is 2.91. The van der Waals surface area contributed by atoms with Crippen LogP contribution in [0.25, 0.3) is 0 Å². The quantitative estimate of drug-likeness (QED) is 0.808. The first-order valence-electron chi connectivity index (χ1n) is 6.00. The van der Waals surface area contributed by atoms with E-state index in [1.165, 1.54) is 0 Å². The van der Waals surface area contributed by atoms with Crippen LogP contribution in [0.4, 0.5) is 5.69 Å². The molecular weight excluding hydrogens is 264 g/mol. The molecule has 1 aliphatic rings. The number of anilines is 1. The van der Waals surface area contributed by atoms with Crippen molar-refractivity contribution in [2.75, 3.05) is 12.3 Å². The number of carbonyl (C=O) groups excluding carboxylic acids is 1. The number of nitrogens with two attached hydrogens (primary N) is 1. The van der Waals surface area contributed by atoms with Crippen molar-refractivity contribution in [1.82, 2.24) is 14.5 Å². The molecule has 5 nitrogen and oxygen atoms in total. The number of amides is 1. The van der Waals surface area contributed by atoms with Crippen LogP contribution in [-0.2, 0) is 13.1 Å². The smallest absolute Gasteiger partial charge is 0.256 e. The van der Waals surface area contributed by atoms with E-state index < -0.39 is 0 Å². The molecule has 2 heterocycles. The van der Waals surface area contributed by atoms with E-state index in [-0.39, 0.29) is 5.91 Å². The van der Waals surface area contributed by atoms with Gasteiger partial charge in [0, 0.05) is 25.5 Å². The molecule has 1 amide bonds. The average molecular weight is 277 g/mol. The normalized spacial score (nSPS) is 14.3. The van der Waals surface area contributed by atoms with Crippen molar-refractivity contribution >= 4 is 23.2 Å². The number of rotatable bonds is 1. The van der Waals surface area contributed by atoms with Crippen LogP contribution < -0.4 is 5.73 Å². The van der Waals surface area contributed by atoms with Gasteiger partial charge >= 0.3 is 0 Å². The largest absolute Gasteiger partial charge is 0.397 e. The summed E-state index contributed by atoms with van der Waals surface area (Å²) in [4.78, 5) is 18.4. The zero-order valence-electron chi connectivity index (χ0n) is 10.2. The Balaban J connectivity index is 1.88. The molecule has 1 aliphatic heterocycles. The van der Waals surface area contributed by atoms with Gasteiger partial charge in [0.25, 0.3) is 5.91 Å². The van der Waals surface area contributed by atoms with Gasteiger partial charge in [-0.15, -0.1) is 0 Å². The number of carbonyl (C=O) groups is 1. The van der Waals surface area contributed by atoms with Gasteiger partial charge < -0.3 is 15.2 Å². The van der Waals surface area contributed by atoms with Gasteiger partial charge in [-0.25, -0.2) is 4.98 Å². The van der Waals surface area contributed by atoms with Crippen molar-refractivity contribution in [3.8, 4) is 0 Å². The van der Waals surface area contributed by atoms with E-state index in [0.29, 0.717) is 29.4 Å². The number of nitrogen functional groups attached to an aromatic ring is 1. The minimum Gasteiger partial charge on any atom is -0.397 e. The number of halogens is 1.